The molecule has 0 bridgehead atoms. The Morgan fingerprint density at radius 2 is 1.97 bits per heavy atom. The monoisotopic (exact) mass is 477 g/mol. The largest absolute Gasteiger partial charge is 0.397 e. The highest BCUT2D eigenvalue weighted by Gasteiger charge is 2.30. The van der Waals surface area contributed by atoms with Gasteiger partial charge in [-0.2, -0.15) is 0 Å². The van der Waals surface area contributed by atoms with Crippen molar-refractivity contribution < 1.29 is 9.59 Å². The van der Waals surface area contributed by atoms with Crippen molar-refractivity contribution >= 4 is 40.3 Å². The highest BCUT2D eigenvalue weighted by atomic mass is 32.1. The van der Waals surface area contributed by atoms with Gasteiger partial charge in [-0.05, 0) is 66.0 Å². The lowest BCUT2D eigenvalue weighted by atomic mass is 9.77. The van der Waals surface area contributed by atoms with E-state index in [9.17, 15) is 9.59 Å². The summed E-state index contributed by atoms with van der Waals surface area (Å²) in [5.74, 6) is 0.658. The van der Waals surface area contributed by atoms with Crippen molar-refractivity contribution in [1.29, 1.82) is 0 Å². The van der Waals surface area contributed by atoms with Crippen molar-refractivity contribution in [3.05, 3.63) is 59.6 Å². The van der Waals surface area contributed by atoms with Gasteiger partial charge in [-0.3, -0.25) is 9.59 Å². The average molecular weight is 478 g/mol. The van der Waals surface area contributed by atoms with Crippen LogP contribution in [0.4, 0.5) is 17.2 Å². The molecule has 178 valence electrons. The van der Waals surface area contributed by atoms with Gasteiger partial charge in [0.25, 0.3) is 5.91 Å². The van der Waals surface area contributed by atoms with Gasteiger partial charge < -0.3 is 21.3 Å². The lowest BCUT2D eigenvalue weighted by Crippen LogP contribution is -2.40. The fourth-order valence-corrected chi connectivity index (χ4v) is 4.95. The van der Waals surface area contributed by atoms with Crippen molar-refractivity contribution in [1.82, 2.24) is 10.3 Å². The molecule has 4 rings (SSSR count). The van der Waals surface area contributed by atoms with Crippen LogP contribution in [-0.4, -0.2) is 36.4 Å². The second kappa shape index (κ2) is 10.3. The highest BCUT2D eigenvalue weighted by molar-refractivity contribution is 7.13. The molecule has 0 aliphatic carbocycles. The highest BCUT2D eigenvalue weighted by Crippen LogP contribution is 2.35. The summed E-state index contributed by atoms with van der Waals surface area (Å²) in [6.07, 6.45) is 4.67. The maximum atomic E-state index is 12.8. The van der Waals surface area contributed by atoms with Crippen LogP contribution < -0.4 is 21.3 Å². The van der Waals surface area contributed by atoms with E-state index in [1.165, 1.54) is 0 Å². The molecule has 8 heteroatoms. The second-order valence-corrected chi connectivity index (χ2v) is 10.1. The molecular formula is C26H31N5O2S. The van der Waals surface area contributed by atoms with Gasteiger partial charge in [0, 0.05) is 37.6 Å². The predicted octanol–water partition coefficient (Wildman–Crippen LogP) is 4.78. The molecule has 2 amide bonds. The molecule has 2 aromatic heterocycles. The fourth-order valence-electron chi connectivity index (χ4n) is 4.23. The summed E-state index contributed by atoms with van der Waals surface area (Å²) >= 11 is 1.64. The quantitative estimate of drug-likeness (QED) is 0.425. The lowest BCUT2D eigenvalue weighted by molar-refractivity contribution is -0.119. The fraction of sp³-hybridized carbons (Fsp3) is 0.346. The van der Waals surface area contributed by atoms with Crippen molar-refractivity contribution in [2.24, 2.45) is 5.41 Å². The van der Waals surface area contributed by atoms with E-state index in [0.717, 1.165) is 48.6 Å². The lowest BCUT2D eigenvalue weighted by Gasteiger charge is -2.40. The topological polar surface area (TPSA) is 100 Å². The zero-order valence-corrected chi connectivity index (χ0v) is 20.5. The standard InChI is InChI=1S/C26H31N5O2S/c1-18(32)28-12-9-26(2)10-13-31(14-11-26)24-8-6-20(17-29-24)25(33)30-22-16-19(5-7-21(22)27)23-4-3-15-34-23/h3-8,15-17H,9-14,27H2,1-2H3,(H,28,32)(H,30,33). The van der Waals surface area contributed by atoms with Crippen molar-refractivity contribution in [2.45, 2.75) is 33.1 Å². The molecule has 0 spiro atoms. The van der Waals surface area contributed by atoms with E-state index in [1.54, 1.807) is 24.5 Å². The van der Waals surface area contributed by atoms with E-state index < -0.39 is 0 Å². The number of anilines is 3. The predicted molar refractivity (Wildman–Crippen MR) is 139 cm³/mol. The van der Waals surface area contributed by atoms with Gasteiger partial charge in [0.05, 0.1) is 16.9 Å². The number of carbonyl (C=O) groups excluding carboxylic acids is 2. The summed E-state index contributed by atoms with van der Waals surface area (Å²) < 4.78 is 0. The minimum Gasteiger partial charge on any atom is -0.397 e. The smallest absolute Gasteiger partial charge is 0.257 e. The number of nitrogens with one attached hydrogen (secondary N) is 2. The molecule has 3 heterocycles. The van der Waals surface area contributed by atoms with Crippen LogP contribution in [0.2, 0.25) is 0 Å². The molecule has 1 aliphatic heterocycles. The summed E-state index contributed by atoms with van der Waals surface area (Å²) in [6, 6.07) is 13.4. The van der Waals surface area contributed by atoms with Gasteiger partial charge in [-0.15, -0.1) is 11.3 Å². The van der Waals surface area contributed by atoms with Gasteiger partial charge in [-0.1, -0.05) is 19.1 Å². The summed E-state index contributed by atoms with van der Waals surface area (Å²) in [7, 11) is 0. The maximum absolute atomic E-state index is 12.8. The minimum absolute atomic E-state index is 0.0206. The molecule has 1 saturated heterocycles. The first-order valence-electron chi connectivity index (χ1n) is 11.5. The Bertz CT molecular complexity index is 1140. The average Bonchev–Trinajstić information content (AvgIpc) is 3.36. The molecule has 0 atom stereocenters. The Morgan fingerprint density at radius 1 is 1.18 bits per heavy atom. The maximum Gasteiger partial charge on any atom is 0.257 e. The van der Waals surface area contributed by atoms with Crippen LogP contribution >= 0.6 is 11.3 Å². The molecule has 0 unspecified atom stereocenters. The van der Waals surface area contributed by atoms with E-state index in [2.05, 4.69) is 27.4 Å². The number of thiophene rings is 1. The van der Waals surface area contributed by atoms with E-state index in [0.29, 0.717) is 23.5 Å². The normalized spacial score (nSPS) is 15.1. The van der Waals surface area contributed by atoms with Gasteiger partial charge in [0.15, 0.2) is 0 Å². The zero-order chi connectivity index (χ0) is 24.1. The van der Waals surface area contributed by atoms with Crippen LogP contribution in [0, 0.1) is 5.41 Å². The number of pyridine rings is 1. The molecule has 0 saturated carbocycles. The number of carbonyl (C=O) groups is 2. The van der Waals surface area contributed by atoms with Gasteiger partial charge in [0.2, 0.25) is 5.91 Å². The van der Waals surface area contributed by atoms with Gasteiger partial charge >= 0.3 is 0 Å². The van der Waals surface area contributed by atoms with Crippen LogP contribution in [0.15, 0.2) is 54.0 Å². The first-order valence-corrected chi connectivity index (χ1v) is 12.4. The van der Waals surface area contributed by atoms with Crippen LogP contribution in [0.3, 0.4) is 0 Å². The SMILES string of the molecule is CC(=O)NCCC1(C)CCN(c2ccc(C(=O)Nc3cc(-c4cccs4)ccc3N)cn2)CC1. The minimum atomic E-state index is -0.238. The molecule has 0 radical (unpaired) electrons. The van der Waals surface area contributed by atoms with E-state index >= 15 is 0 Å². The Balaban J connectivity index is 1.36. The van der Waals surface area contributed by atoms with E-state index in [4.69, 9.17) is 5.73 Å². The number of benzene rings is 1. The van der Waals surface area contributed by atoms with Crippen LogP contribution in [0.5, 0.6) is 0 Å². The Hall–Kier alpha value is -3.39. The second-order valence-electron chi connectivity index (χ2n) is 9.17. The van der Waals surface area contributed by atoms with Crippen molar-refractivity contribution in [2.75, 3.05) is 35.6 Å². The van der Waals surface area contributed by atoms with E-state index in [1.807, 2.05) is 47.8 Å². The Labute approximate surface area is 204 Å². The third-order valence-electron chi connectivity index (χ3n) is 6.51. The summed E-state index contributed by atoms with van der Waals surface area (Å²) in [6.45, 7) is 6.36. The number of aromatic nitrogens is 1. The number of amides is 2. The Morgan fingerprint density at radius 3 is 2.62 bits per heavy atom. The van der Waals surface area contributed by atoms with Crippen LogP contribution in [0.1, 0.15) is 43.5 Å². The number of nitrogens with zero attached hydrogens (tertiary/aromatic N) is 2. The molecule has 1 fully saturated rings. The number of hydrogen-bond acceptors (Lipinski definition) is 6. The van der Waals surface area contributed by atoms with Gasteiger partial charge in [0.1, 0.15) is 5.82 Å². The number of nitrogen functional groups attached to an aromatic ring is 1. The van der Waals surface area contributed by atoms with E-state index in [-0.39, 0.29) is 17.2 Å². The molecule has 34 heavy (non-hydrogen) atoms. The number of hydrogen-bond donors (Lipinski definition) is 3. The van der Waals surface area contributed by atoms with Crippen molar-refractivity contribution in [3.63, 3.8) is 0 Å². The third kappa shape index (κ3) is 5.75. The third-order valence-corrected chi connectivity index (χ3v) is 7.43. The summed E-state index contributed by atoms with van der Waals surface area (Å²) in [5, 5.41) is 7.84. The molecule has 1 aliphatic rings. The van der Waals surface area contributed by atoms with Crippen molar-refractivity contribution in [3.8, 4) is 10.4 Å². The first kappa shape index (κ1) is 23.8. The number of rotatable bonds is 7. The zero-order valence-electron chi connectivity index (χ0n) is 19.6. The van der Waals surface area contributed by atoms with Crippen LogP contribution in [0.25, 0.3) is 10.4 Å². The summed E-state index contributed by atoms with van der Waals surface area (Å²) in [5.41, 5.74) is 8.94. The molecule has 3 aromatic rings. The number of piperidine rings is 1. The first-order chi connectivity index (χ1) is 16.3. The number of nitrogens with two attached hydrogens (primary N) is 1. The molecule has 4 N–H and O–H groups in total. The van der Waals surface area contributed by atoms with Crippen LogP contribution in [-0.2, 0) is 4.79 Å². The molecule has 7 nitrogen and oxygen atoms in total. The Kier molecular flexibility index (Phi) is 7.17. The molecule has 1 aromatic carbocycles. The summed E-state index contributed by atoms with van der Waals surface area (Å²) in [4.78, 5) is 31.9. The van der Waals surface area contributed by atoms with Gasteiger partial charge in [-0.25, -0.2) is 4.98 Å². The molecular weight excluding hydrogens is 446 g/mol.